The molecule has 0 aliphatic carbocycles. The Morgan fingerprint density at radius 3 is 1.62 bits per heavy atom. The molecule has 0 fully saturated rings. The van der Waals surface area contributed by atoms with Crippen LogP contribution in [0.1, 0.15) is 16.7 Å². The van der Waals surface area contributed by atoms with Crippen molar-refractivity contribution >= 4 is 104 Å². The van der Waals surface area contributed by atoms with Crippen LogP contribution in [0.5, 0.6) is 46.0 Å². The molecule has 13 rings (SSSR count). The van der Waals surface area contributed by atoms with Gasteiger partial charge in [-0.3, -0.25) is 4.31 Å². The van der Waals surface area contributed by atoms with Crippen LogP contribution in [-0.2, 0) is 0 Å². The van der Waals surface area contributed by atoms with Crippen LogP contribution in [0.25, 0.3) is 0 Å². The third-order valence-corrected chi connectivity index (χ3v) is 13.2. The zero-order chi connectivity index (χ0) is 37.1. The number of benzene rings is 7. The Balaban J connectivity index is 1.07. The average molecular weight is 740 g/mol. The summed E-state index contributed by atoms with van der Waals surface area (Å²) in [5.74, 6) is 7.09. The molecule has 0 saturated heterocycles. The van der Waals surface area contributed by atoms with Crippen LogP contribution in [0.2, 0.25) is 0 Å². The Labute approximate surface area is 330 Å². The van der Waals surface area contributed by atoms with Crippen LogP contribution < -0.4 is 77.7 Å². The normalized spacial score (nSPS) is 14.7. The number of ether oxygens (including phenoxy) is 4. The van der Waals surface area contributed by atoms with Gasteiger partial charge < -0.3 is 24.3 Å². The molecule has 0 radical (unpaired) electrons. The van der Waals surface area contributed by atoms with Crippen molar-refractivity contribution in [2.45, 2.75) is 20.8 Å². The molecule has 1 N–H and O–H groups in total. The van der Waals surface area contributed by atoms with Crippen LogP contribution in [-0.4, -0.2) is 26.4 Å². The summed E-state index contributed by atoms with van der Waals surface area (Å²) in [6.45, 7) is 6.27. The summed E-state index contributed by atoms with van der Waals surface area (Å²) in [4.78, 5) is 0. The van der Waals surface area contributed by atoms with E-state index in [0.717, 1.165) is 107 Å². The minimum absolute atomic E-state index is 0.00537. The van der Waals surface area contributed by atoms with Gasteiger partial charge in [0.2, 0.25) is 0 Å². The monoisotopic (exact) mass is 740 g/mol. The Kier molecular flexibility index (Phi) is 6.00. The summed E-state index contributed by atoms with van der Waals surface area (Å²) in [7, 11) is 0. The number of fused-ring (bicyclic) bond motifs is 12. The molecule has 7 aromatic rings. The largest absolute Gasteiger partial charge is 0.458 e. The van der Waals surface area contributed by atoms with Crippen molar-refractivity contribution in [3.8, 4) is 46.0 Å². The summed E-state index contributed by atoms with van der Waals surface area (Å²) in [5, 5.41) is 3.82. The molecular weight excluding hydrogens is 709 g/mol. The molecule has 0 unspecified atom stereocenters. The fraction of sp³-hybridized carbons (Fsp3) is 0.0870. The van der Waals surface area contributed by atoms with E-state index >= 15 is 0 Å². The van der Waals surface area contributed by atoms with Gasteiger partial charge >= 0.3 is 0 Å². The molecule has 0 bridgehead atoms. The highest BCUT2D eigenvalue weighted by atomic mass is 32.2. The second-order valence-corrected chi connectivity index (χ2v) is 16.6. The lowest BCUT2D eigenvalue weighted by molar-refractivity contribution is 0.464. The van der Waals surface area contributed by atoms with Crippen LogP contribution in [0, 0.1) is 20.8 Å². The number of nitrogens with zero attached hydrogens (tertiary/aromatic N) is 1. The predicted molar refractivity (Wildman–Crippen MR) is 233 cm³/mol. The molecule has 0 amide bonds. The highest BCUT2D eigenvalue weighted by Crippen LogP contribution is 2.44. The SMILES string of the molecule is CSN1c2cc3c(cc2B2c4cc5c(cc4Oc4cc(C)cc1c42)Nc1cc(C)cc2c1B5c1ccccc1O2)B1c2ccccc2Oc2cc(C)cc(c21)O3. The molecule has 7 aromatic carbocycles. The van der Waals surface area contributed by atoms with E-state index in [4.69, 9.17) is 18.9 Å². The minimum atomic E-state index is -0.0821. The van der Waals surface area contributed by atoms with Crippen LogP contribution in [0.15, 0.2) is 109 Å². The van der Waals surface area contributed by atoms with Gasteiger partial charge in [-0.05, 0) is 142 Å². The second kappa shape index (κ2) is 10.8. The van der Waals surface area contributed by atoms with Crippen molar-refractivity contribution in [3.05, 3.63) is 126 Å². The number of para-hydroxylation sites is 2. The quantitative estimate of drug-likeness (QED) is 0.180. The predicted octanol–water partition coefficient (Wildman–Crippen LogP) is 5.37. The van der Waals surface area contributed by atoms with E-state index in [1.54, 1.807) is 11.9 Å². The van der Waals surface area contributed by atoms with Gasteiger partial charge in [-0.2, -0.15) is 0 Å². The topological polar surface area (TPSA) is 52.2 Å². The van der Waals surface area contributed by atoms with Gasteiger partial charge in [0.1, 0.15) is 46.0 Å². The van der Waals surface area contributed by atoms with Gasteiger partial charge in [0.15, 0.2) is 0 Å². The van der Waals surface area contributed by atoms with Gasteiger partial charge in [0.05, 0.1) is 11.4 Å². The maximum Gasteiger partial charge on any atom is 0.260 e. The first-order chi connectivity index (χ1) is 27.4. The maximum atomic E-state index is 7.01. The lowest BCUT2D eigenvalue weighted by atomic mass is 9.30. The molecule has 56 heavy (non-hydrogen) atoms. The highest BCUT2D eigenvalue weighted by molar-refractivity contribution is 8.00. The van der Waals surface area contributed by atoms with E-state index in [2.05, 4.69) is 146 Å². The van der Waals surface area contributed by atoms with E-state index in [-0.39, 0.29) is 20.1 Å². The summed E-state index contributed by atoms with van der Waals surface area (Å²) < 4.78 is 29.4. The number of nitrogens with one attached hydrogen (secondary N) is 1. The van der Waals surface area contributed by atoms with E-state index in [1.165, 1.54) is 27.3 Å². The molecule has 6 nitrogen and oxygen atoms in total. The third kappa shape index (κ3) is 4.02. The minimum Gasteiger partial charge on any atom is -0.458 e. The lowest BCUT2D eigenvalue weighted by Gasteiger charge is -2.41. The highest BCUT2D eigenvalue weighted by Gasteiger charge is 2.47. The summed E-state index contributed by atoms with van der Waals surface area (Å²) in [6.07, 6.45) is 2.15. The molecule has 10 heteroatoms. The fourth-order valence-corrected chi connectivity index (χ4v) is 11.0. The zero-order valence-corrected chi connectivity index (χ0v) is 31.9. The maximum absolute atomic E-state index is 7.01. The second-order valence-electron chi connectivity index (χ2n) is 15.9. The average Bonchev–Trinajstić information content (AvgIpc) is 3.18. The summed E-state index contributed by atoms with van der Waals surface area (Å²) in [6, 6.07) is 39.5. The number of hydrogen-bond acceptors (Lipinski definition) is 7. The Bertz CT molecular complexity index is 2990. The van der Waals surface area contributed by atoms with Gasteiger partial charge in [0, 0.05) is 35.2 Å². The molecule has 6 aliphatic heterocycles. The smallest absolute Gasteiger partial charge is 0.260 e. The van der Waals surface area contributed by atoms with Gasteiger partial charge in [-0.25, -0.2) is 0 Å². The molecule has 0 saturated carbocycles. The third-order valence-electron chi connectivity index (χ3n) is 12.5. The molecular formula is C46H31B3N2O4S. The first-order valence-electron chi connectivity index (χ1n) is 19.2. The molecule has 264 valence electrons. The fourth-order valence-electron chi connectivity index (χ4n) is 10.3. The van der Waals surface area contributed by atoms with E-state index in [9.17, 15) is 0 Å². The molecule has 6 aliphatic rings. The van der Waals surface area contributed by atoms with Crippen molar-refractivity contribution in [1.29, 1.82) is 0 Å². The van der Waals surface area contributed by atoms with E-state index in [1.807, 2.05) is 0 Å². The zero-order valence-electron chi connectivity index (χ0n) is 31.1. The molecule has 0 atom stereocenters. The summed E-state index contributed by atoms with van der Waals surface area (Å²) >= 11 is 1.71. The van der Waals surface area contributed by atoms with Crippen LogP contribution >= 0.6 is 11.9 Å². The first-order valence-corrected chi connectivity index (χ1v) is 20.4. The number of hydrogen-bond donors (Lipinski definition) is 1. The van der Waals surface area contributed by atoms with Gasteiger partial charge in [0.25, 0.3) is 20.1 Å². The standard InChI is InChI=1S/C46H31B3N2O4S/c1-23-13-33-44-40(15-23)52-36-11-7-5-9-26(36)47(44)28-19-30-38(21-32(28)50-33)54-41-16-24(2)14-35-45(41)49(30)29-20-31-39(22-34(29)51(35)56-4)55-43-18-25(3)17-42-46(43)48(31)27-10-6-8-12-37(27)53-42/h5-22,50H,1-4H3. The van der Waals surface area contributed by atoms with Gasteiger partial charge in [-0.1, -0.05) is 48.5 Å². The van der Waals surface area contributed by atoms with Crippen molar-refractivity contribution in [2.24, 2.45) is 0 Å². The van der Waals surface area contributed by atoms with Crippen molar-refractivity contribution in [2.75, 3.05) is 15.9 Å². The lowest BCUT2D eigenvalue weighted by Crippen LogP contribution is -2.64. The number of aryl methyl sites for hydroxylation is 3. The Morgan fingerprint density at radius 2 is 0.946 bits per heavy atom. The van der Waals surface area contributed by atoms with Crippen LogP contribution in [0.3, 0.4) is 0 Å². The van der Waals surface area contributed by atoms with Crippen molar-refractivity contribution in [1.82, 2.24) is 0 Å². The van der Waals surface area contributed by atoms with Gasteiger partial charge in [-0.15, -0.1) is 0 Å². The molecule has 0 aromatic heterocycles. The molecule has 0 spiro atoms. The Morgan fingerprint density at radius 1 is 0.429 bits per heavy atom. The van der Waals surface area contributed by atoms with Crippen LogP contribution in [0.4, 0.5) is 22.7 Å². The van der Waals surface area contributed by atoms with E-state index in [0.29, 0.717) is 0 Å². The first kappa shape index (κ1) is 31.1. The van der Waals surface area contributed by atoms with E-state index < -0.39 is 0 Å². The van der Waals surface area contributed by atoms with Crippen molar-refractivity contribution < 1.29 is 18.9 Å². The summed E-state index contributed by atoms with van der Waals surface area (Å²) in [5.41, 5.74) is 18.4. The number of anilines is 4. The Hall–Kier alpha value is -6.12. The van der Waals surface area contributed by atoms with Crippen molar-refractivity contribution in [3.63, 3.8) is 0 Å². The number of rotatable bonds is 1. The molecule has 6 heterocycles.